The number of amides is 2. The molecule has 0 aliphatic carbocycles. The molecule has 0 radical (unpaired) electrons. The smallest absolute Gasteiger partial charge is 0.260 e. The number of rotatable bonds is 2. The van der Waals surface area contributed by atoms with E-state index >= 15 is 0 Å². The first-order valence-electron chi connectivity index (χ1n) is 8.11. The Morgan fingerprint density at radius 2 is 2.28 bits per heavy atom. The fraction of sp³-hybridized carbons (Fsp3) is 0.278. The third-order valence-corrected chi connectivity index (χ3v) is 5.39. The van der Waals surface area contributed by atoms with Crippen LogP contribution in [-0.4, -0.2) is 36.6 Å². The van der Waals surface area contributed by atoms with Gasteiger partial charge in [0, 0.05) is 30.4 Å². The van der Waals surface area contributed by atoms with Crippen LogP contribution in [-0.2, 0) is 9.53 Å². The summed E-state index contributed by atoms with van der Waals surface area (Å²) >= 11 is 1.43. The number of aromatic nitrogens is 1. The normalized spacial score (nSPS) is 19.2. The number of nitrogens with zero attached hydrogens (tertiary/aromatic N) is 2. The van der Waals surface area contributed by atoms with Gasteiger partial charge in [-0.05, 0) is 43.2 Å². The standard InChI is InChI=1S/C18H17N3O3S/c1-21-13-7-6-11(20-16(22)14-5-3-9-24-14)10-15(13)25-17-12(18(21)23)4-2-8-19-17/h2,4,6-8,10,14H,3,5,9H2,1H3,(H,20,22)/t14-/m1/s1. The van der Waals surface area contributed by atoms with Gasteiger partial charge in [-0.3, -0.25) is 9.59 Å². The zero-order chi connectivity index (χ0) is 17.4. The van der Waals surface area contributed by atoms with Crippen molar-refractivity contribution in [1.82, 2.24) is 4.98 Å². The molecule has 0 saturated carbocycles. The summed E-state index contributed by atoms with van der Waals surface area (Å²) in [5, 5.41) is 3.57. The highest BCUT2D eigenvalue weighted by Gasteiger charge is 2.27. The molecule has 1 aromatic heterocycles. The van der Waals surface area contributed by atoms with E-state index in [-0.39, 0.29) is 17.9 Å². The Labute approximate surface area is 149 Å². The highest BCUT2D eigenvalue weighted by molar-refractivity contribution is 7.99. The van der Waals surface area contributed by atoms with Crippen molar-refractivity contribution >= 4 is 35.0 Å². The molecule has 1 atom stereocenters. The SMILES string of the molecule is CN1C(=O)c2cccnc2Sc2cc(NC(=O)[C@H]3CCCO3)ccc21. The third-order valence-electron chi connectivity index (χ3n) is 4.32. The van der Waals surface area contributed by atoms with Gasteiger partial charge in [-0.1, -0.05) is 11.8 Å². The van der Waals surface area contributed by atoms with E-state index in [9.17, 15) is 9.59 Å². The second kappa shape index (κ2) is 6.50. The fourth-order valence-corrected chi connectivity index (χ4v) is 4.07. The number of pyridine rings is 1. The average molecular weight is 355 g/mol. The molecule has 3 heterocycles. The first-order chi connectivity index (χ1) is 12.1. The summed E-state index contributed by atoms with van der Waals surface area (Å²) in [6, 6.07) is 9.06. The summed E-state index contributed by atoms with van der Waals surface area (Å²) in [6.45, 7) is 0.632. The Morgan fingerprint density at radius 3 is 3.08 bits per heavy atom. The minimum absolute atomic E-state index is 0.0921. The molecule has 7 heteroatoms. The summed E-state index contributed by atoms with van der Waals surface area (Å²) in [7, 11) is 1.74. The van der Waals surface area contributed by atoms with Crippen LogP contribution in [0.1, 0.15) is 23.2 Å². The number of carbonyl (C=O) groups excluding carboxylic acids is 2. The molecule has 1 saturated heterocycles. The number of nitrogens with one attached hydrogen (secondary N) is 1. The van der Waals surface area contributed by atoms with Gasteiger partial charge in [0.1, 0.15) is 11.1 Å². The van der Waals surface area contributed by atoms with Crippen molar-refractivity contribution in [2.45, 2.75) is 28.9 Å². The minimum Gasteiger partial charge on any atom is -0.368 e. The highest BCUT2D eigenvalue weighted by atomic mass is 32.2. The lowest BCUT2D eigenvalue weighted by Crippen LogP contribution is -2.27. The van der Waals surface area contributed by atoms with Gasteiger partial charge in [-0.25, -0.2) is 4.98 Å². The van der Waals surface area contributed by atoms with Crippen molar-refractivity contribution in [3.05, 3.63) is 42.1 Å². The molecular weight excluding hydrogens is 338 g/mol. The number of ether oxygens (including phenoxy) is 1. The second-order valence-electron chi connectivity index (χ2n) is 6.00. The first kappa shape index (κ1) is 16.1. The average Bonchev–Trinajstić information content (AvgIpc) is 3.13. The molecule has 0 unspecified atom stereocenters. The van der Waals surface area contributed by atoms with E-state index < -0.39 is 0 Å². The first-order valence-corrected chi connectivity index (χ1v) is 8.92. The van der Waals surface area contributed by atoms with Crippen molar-refractivity contribution in [3.8, 4) is 0 Å². The minimum atomic E-state index is -0.377. The summed E-state index contributed by atoms with van der Waals surface area (Å²) in [4.78, 5) is 31.7. The highest BCUT2D eigenvalue weighted by Crippen LogP contribution is 2.41. The molecule has 128 valence electrons. The van der Waals surface area contributed by atoms with E-state index in [1.165, 1.54) is 11.8 Å². The van der Waals surface area contributed by atoms with Gasteiger partial charge >= 0.3 is 0 Å². The van der Waals surface area contributed by atoms with Crippen LogP contribution in [0.3, 0.4) is 0 Å². The Balaban J connectivity index is 1.65. The van der Waals surface area contributed by atoms with Crippen LogP contribution in [0.25, 0.3) is 0 Å². The lowest BCUT2D eigenvalue weighted by atomic mass is 10.2. The maximum Gasteiger partial charge on any atom is 0.260 e. The lowest BCUT2D eigenvalue weighted by Gasteiger charge is -2.18. The lowest BCUT2D eigenvalue weighted by molar-refractivity contribution is -0.124. The Bertz CT molecular complexity index is 849. The second-order valence-corrected chi connectivity index (χ2v) is 7.03. The molecule has 6 nitrogen and oxygen atoms in total. The third kappa shape index (κ3) is 3.01. The molecule has 2 aromatic rings. The van der Waals surface area contributed by atoms with Crippen molar-refractivity contribution in [2.75, 3.05) is 23.9 Å². The van der Waals surface area contributed by atoms with Crippen molar-refractivity contribution in [3.63, 3.8) is 0 Å². The number of hydrogen-bond donors (Lipinski definition) is 1. The molecule has 1 aromatic carbocycles. The van der Waals surface area contributed by atoms with Crippen LogP contribution in [0, 0.1) is 0 Å². The van der Waals surface area contributed by atoms with Gasteiger partial charge in [0.2, 0.25) is 0 Å². The van der Waals surface area contributed by atoms with Crippen LogP contribution in [0.4, 0.5) is 11.4 Å². The summed E-state index contributed by atoms with van der Waals surface area (Å²) in [5.41, 5.74) is 2.06. The molecule has 0 bridgehead atoms. The summed E-state index contributed by atoms with van der Waals surface area (Å²) in [5.74, 6) is -0.218. The van der Waals surface area contributed by atoms with Gasteiger partial charge in [0.25, 0.3) is 11.8 Å². The van der Waals surface area contributed by atoms with E-state index in [1.54, 1.807) is 36.3 Å². The Kier molecular flexibility index (Phi) is 4.19. The van der Waals surface area contributed by atoms with Crippen LogP contribution in [0.2, 0.25) is 0 Å². The van der Waals surface area contributed by atoms with E-state index in [2.05, 4.69) is 10.3 Å². The van der Waals surface area contributed by atoms with Gasteiger partial charge in [0.05, 0.1) is 11.3 Å². The quantitative estimate of drug-likeness (QED) is 0.897. The number of carbonyl (C=O) groups is 2. The predicted molar refractivity (Wildman–Crippen MR) is 95.1 cm³/mol. The van der Waals surface area contributed by atoms with Crippen LogP contribution in [0.15, 0.2) is 46.5 Å². The monoisotopic (exact) mass is 355 g/mol. The van der Waals surface area contributed by atoms with E-state index in [4.69, 9.17) is 4.74 Å². The summed E-state index contributed by atoms with van der Waals surface area (Å²) in [6.07, 6.45) is 2.96. The molecular formula is C18H17N3O3S. The van der Waals surface area contributed by atoms with Crippen LogP contribution in [0.5, 0.6) is 0 Å². The number of benzene rings is 1. The van der Waals surface area contributed by atoms with Crippen LogP contribution >= 0.6 is 11.8 Å². The summed E-state index contributed by atoms with van der Waals surface area (Å²) < 4.78 is 5.42. The van der Waals surface area contributed by atoms with Crippen molar-refractivity contribution in [1.29, 1.82) is 0 Å². The Morgan fingerprint density at radius 1 is 1.40 bits per heavy atom. The molecule has 2 aliphatic heterocycles. The molecule has 4 rings (SSSR count). The van der Waals surface area contributed by atoms with Gasteiger partial charge in [-0.15, -0.1) is 0 Å². The van der Waals surface area contributed by atoms with Crippen molar-refractivity contribution in [2.24, 2.45) is 0 Å². The largest absolute Gasteiger partial charge is 0.368 e. The van der Waals surface area contributed by atoms with E-state index in [0.717, 1.165) is 23.4 Å². The predicted octanol–water partition coefficient (Wildman–Crippen LogP) is 2.94. The maximum atomic E-state index is 12.6. The fourth-order valence-electron chi connectivity index (χ4n) is 2.99. The molecule has 2 aliphatic rings. The number of fused-ring (bicyclic) bond motifs is 2. The number of anilines is 2. The van der Waals surface area contributed by atoms with Crippen molar-refractivity contribution < 1.29 is 14.3 Å². The zero-order valence-corrected chi connectivity index (χ0v) is 14.5. The maximum absolute atomic E-state index is 12.6. The van der Waals surface area contributed by atoms with Gasteiger partial charge in [-0.2, -0.15) is 0 Å². The molecule has 2 amide bonds. The van der Waals surface area contributed by atoms with Crippen LogP contribution < -0.4 is 10.2 Å². The number of hydrogen-bond acceptors (Lipinski definition) is 5. The zero-order valence-electron chi connectivity index (χ0n) is 13.7. The van der Waals surface area contributed by atoms with Gasteiger partial charge in [0.15, 0.2) is 0 Å². The molecule has 25 heavy (non-hydrogen) atoms. The van der Waals surface area contributed by atoms with E-state index in [0.29, 0.717) is 22.9 Å². The van der Waals surface area contributed by atoms with E-state index in [1.807, 2.05) is 12.1 Å². The van der Waals surface area contributed by atoms with Gasteiger partial charge < -0.3 is 15.0 Å². The topological polar surface area (TPSA) is 71.5 Å². The molecule has 1 N–H and O–H groups in total. The molecule has 0 spiro atoms. The Hall–Kier alpha value is -2.38. The molecule has 1 fully saturated rings.